The number of hydrogen-bond donors (Lipinski definition) is 1. The molecule has 1 N–H and O–H groups in total. The first-order chi connectivity index (χ1) is 12.1. The summed E-state index contributed by atoms with van der Waals surface area (Å²) < 4.78 is 27.9. The Labute approximate surface area is 150 Å². The summed E-state index contributed by atoms with van der Waals surface area (Å²) in [5, 5.41) is -0.504. The van der Waals surface area contributed by atoms with Gasteiger partial charge in [0, 0.05) is 43.9 Å². The van der Waals surface area contributed by atoms with E-state index in [9.17, 15) is 13.2 Å². The maximum absolute atomic E-state index is 12.6. The van der Waals surface area contributed by atoms with Crippen molar-refractivity contribution in [1.82, 2.24) is 14.6 Å². The third kappa shape index (κ3) is 4.79. The van der Waals surface area contributed by atoms with Crippen molar-refractivity contribution in [3.05, 3.63) is 30.1 Å². The minimum Gasteiger partial charge on any atom is -0.341 e. The Morgan fingerprint density at radius 3 is 2.72 bits per heavy atom. The highest BCUT2D eigenvalue weighted by molar-refractivity contribution is 7.90. The molecule has 6 nitrogen and oxygen atoms in total. The van der Waals surface area contributed by atoms with Gasteiger partial charge in [-0.1, -0.05) is 18.9 Å². The molecule has 1 aliphatic carbocycles. The topological polar surface area (TPSA) is 79.4 Å². The second-order valence-electron chi connectivity index (χ2n) is 7.04. The van der Waals surface area contributed by atoms with Gasteiger partial charge in [0.05, 0.1) is 5.25 Å². The highest BCUT2D eigenvalue weighted by atomic mass is 32.2. The van der Waals surface area contributed by atoms with Crippen LogP contribution in [0.4, 0.5) is 0 Å². The van der Waals surface area contributed by atoms with Crippen LogP contribution in [-0.4, -0.2) is 49.1 Å². The summed E-state index contributed by atoms with van der Waals surface area (Å²) in [6, 6.07) is 5.62. The molecule has 138 valence electrons. The van der Waals surface area contributed by atoms with Crippen molar-refractivity contribution in [2.75, 3.05) is 19.6 Å². The predicted molar refractivity (Wildman–Crippen MR) is 96.4 cm³/mol. The second kappa shape index (κ2) is 8.27. The SMILES string of the molecule is O=C(C1CCCC1)N1CCC[C@@H](S(=O)(=O)NCCc2ccccn2)C1. The minimum atomic E-state index is -3.42. The molecule has 0 radical (unpaired) electrons. The molecule has 2 fully saturated rings. The molecule has 2 aliphatic rings. The van der Waals surface area contributed by atoms with Gasteiger partial charge in [-0.15, -0.1) is 0 Å². The van der Waals surface area contributed by atoms with E-state index in [2.05, 4.69) is 9.71 Å². The van der Waals surface area contributed by atoms with Crippen LogP contribution in [0.3, 0.4) is 0 Å². The van der Waals surface area contributed by atoms with E-state index in [1.807, 2.05) is 18.2 Å². The number of nitrogens with one attached hydrogen (secondary N) is 1. The van der Waals surface area contributed by atoms with E-state index in [4.69, 9.17) is 0 Å². The quantitative estimate of drug-likeness (QED) is 0.832. The molecule has 1 amide bonds. The second-order valence-corrected chi connectivity index (χ2v) is 9.09. The van der Waals surface area contributed by atoms with E-state index >= 15 is 0 Å². The molecule has 25 heavy (non-hydrogen) atoms. The van der Waals surface area contributed by atoms with Crippen molar-refractivity contribution in [2.45, 2.75) is 50.2 Å². The van der Waals surface area contributed by atoms with E-state index in [-0.39, 0.29) is 11.8 Å². The first-order valence-electron chi connectivity index (χ1n) is 9.23. The number of nitrogens with zero attached hydrogens (tertiary/aromatic N) is 2. The molecule has 1 aromatic rings. The van der Waals surface area contributed by atoms with Crippen molar-refractivity contribution < 1.29 is 13.2 Å². The van der Waals surface area contributed by atoms with E-state index in [0.717, 1.165) is 37.8 Å². The Balaban J connectivity index is 1.53. The van der Waals surface area contributed by atoms with Gasteiger partial charge in [0.1, 0.15) is 0 Å². The maximum Gasteiger partial charge on any atom is 0.225 e. The van der Waals surface area contributed by atoms with Crippen molar-refractivity contribution >= 4 is 15.9 Å². The van der Waals surface area contributed by atoms with Crippen LogP contribution in [0.2, 0.25) is 0 Å². The number of aromatic nitrogens is 1. The van der Waals surface area contributed by atoms with Gasteiger partial charge in [0.2, 0.25) is 15.9 Å². The number of carbonyl (C=O) groups is 1. The van der Waals surface area contributed by atoms with Gasteiger partial charge in [0.15, 0.2) is 0 Å². The molecule has 0 bridgehead atoms. The zero-order valence-corrected chi connectivity index (χ0v) is 15.4. The van der Waals surface area contributed by atoms with Gasteiger partial charge in [-0.25, -0.2) is 13.1 Å². The highest BCUT2D eigenvalue weighted by Gasteiger charge is 2.35. The lowest BCUT2D eigenvalue weighted by atomic mass is 10.0. The Hall–Kier alpha value is -1.47. The van der Waals surface area contributed by atoms with Gasteiger partial charge in [0.25, 0.3) is 0 Å². The predicted octanol–water partition coefficient (Wildman–Crippen LogP) is 1.72. The van der Waals surface area contributed by atoms with Gasteiger partial charge in [-0.05, 0) is 37.8 Å². The van der Waals surface area contributed by atoms with Crippen molar-refractivity contribution in [3.8, 4) is 0 Å². The lowest BCUT2D eigenvalue weighted by Crippen LogP contribution is -2.49. The average molecular weight is 365 g/mol. The van der Waals surface area contributed by atoms with Crippen LogP contribution in [-0.2, 0) is 21.2 Å². The molecule has 0 aromatic carbocycles. The molecule has 7 heteroatoms. The molecule has 1 saturated carbocycles. The van der Waals surface area contributed by atoms with E-state index in [1.54, 1.807) is 11.1 Å². The van der Waals surface area contributed by atoms with E-state index in [0.29, 0.717) is 32.5 Å². The Morgan fingerprint density at radius 1 is 1.20 bits per heavy atom. The summed E-state index contributed by atoms with van der Waals surface area (Å²) in [5.74, 6) is 0.268. The Morgan fingerprint density at radius 2 is 2.00 bits per heavy atom. The molecule has 1 atom stereocenters. The third-order valence-electron chi connectivity index (χ3n) is 5.24. The first kappa shape index (κ1) is 18.3. The number of rotatable bonds is 6. The number of carbonyl (C=O) groups excluding carboxylic acids is 1. The summed E-state index contributed by atoms with van der Waals surface area (Å²) >= 11 is 0. The maximum atomic E-state index is 12.6. The highest BCUT2D eigenvalue weighted by Crippen LogP contribution is 2.28. The van der Waals surface area contributed by atoms with Crippen molar-refractivity contribution in [1.29, 1.82) is 0 Å². The molecular weight excluding hydrogens is 338 g/mol. The molecule has 0 spiro atoms. The number of piperidine rings is 1. The van der Waals surface area contributed by atoms with Crippen LogP contribution in [0.25, 0.3) is 0 Å². The molecule has 1 saturated heterocycles. The number of amides is 1. The summed E-state index contributed by atoms with van der Waals surface area (Å²) in [6.45, 7) is 1.36. The molecular formula is C18H27N3O3S. The first-order valence-corrected chi connectivity index (χ1v) is 10.8. The van der Waals surface area contributed by atoms with Crippen LogP contribution in [0, 0.1) is 5.92 Å². The lowest BCUT2D eigenvalue weighted by molar-refractivity contribution is -0.136. The average Bonchev–Trinajstić information content (AvgIpc) is 3.17. The zero-order chi connectivity index (χ0) is 17.7. The summed E-state index contributed by atoms with van der Waals surface area (Å²) in [7, 11) is -3.42. The number of sulfonamides is 1. The summed E-state index contributed by atoms with van der Waals surface area (Å²) in [6.07, 6.45) is 7.78. The summed E-state index contributed by atoms with van der Waals surface area (Å²) in [4.78, 5) is 18.6. The van der Waals surface area contributed by atoms with Gasteiger partial charge < -0.3 is 4.90 Å². The van der Waals surface area contributed by atoms with E-state index < -0.39 is 15.3 Å². The fourth-order valence-electron chi connectivity index (χ4n) is 3.81. The third-order valence-corrected chi connectivity index (χ3v) is 7.11. The zero-order valence-electron chi connectivity index (χ0n) is 14.6. The number of pyridine rings is 1. The molecule has 1 aliphatic heterocycles. The largest absolute Gasteiger partial charge is 0.341 e. The van der Waals surface area contributed by atoms with Crippen LogP contribution < -0.4 is 4.72 Å². The monoisotopic (exact) mass is 365 g/mol. The van der Waals surface area contributed by atoms with Gasteiger partial charge in [-0.3, -0.25) is 9.78 Å². The standard InChI is InChI=1S/C18H27N3O3S/c22-18(15-6-1-2-7-15)21-13-5-9-17(14-21)25(23,24)20-12-10-16-8-3-4-11-19-16/h3-4,8,11,15,17,20H,1-2,5-7,9-10,12-14H2/t17-/m1/s1. The normalized spacial score (nSPS) is 22.2. The smallest absolute Gasteiger partial charge is 0.225 e. The van der Waals surface area contributed by atoms with Crippen LogP contribution >= 0.6 is 0 Å². The molecule has 2 heterocycles. The number of likely N-dealkylation sites (tertiary alicyclic amines) is 1. The number of hydrogen-bond acceptors (Lipinski definition) is 4. The fourth-order valence-corrected chi connectivity index (χ4v) is 5.28. The Bertz CT molecular complexity index is 672. The Kier molecular flexibility index (Phi) is 6.06. The minimum absolute atomic E-state index is 0.110. The summed E-state index contributed by atoms with van der Waals surface area (Å²) in [5.41, 5.74) is 0.867. The molecule has 1 aromatic heterocycles. The van der Waals surface area contributed by atoms with Crippen LogP contribution in [0.5, 0.6) is 0 Å². The molecule has 3 rings (SSSR count). The van der Waals surface area contributed by atoms with Crippen LogP contribution in [0.15, 0.2) is 24.4 Å². The van der Waals surface area contributed by atoms with Crippen LogP contribution in [0.1, 0.15) is 44.2 Å². The van der Waals surface area contributed by atoms with Crippen molar-refractivity contribution in [3.63, 3.8) is 0 Å². The van der Waals surface area contributed by atoms with Gasteiger partial charge in [-0.2, -0.15) is 0 Å². The fraction of sp³-hybridized carbons (Fsp3) is 0.667. The van der Waals surface area contributed by atoms with Gasteiger partial charge >= 0.3 is 0 Å². The van der Waals surface area contributed by atoms with E-state index in [1.165, 1.54) is 0 Å². The van der Waals surface area contributed by atoms with Crippen molar-refractivity contribution in [2.24, 2.45) is 5.92 Å². The lowest BCUT2D eigenvalue weighted by Gasteiger charge is -2.34. The molecule has 0 unspecified atom stereocenters.